The number of aromatic carboxylic acids is 1. The van der Waals surface area contributed by atoms with Crippen LogP contribution < -0.4 is 10.1 Å². The Balaban J connectivity index is 2.26. The summed E-state index contributed by atoms with van der Waals surface area (Å²) >= 11 is 0. The van der Waals surface area contributed by atoms with Crippen LogP contribution in [0.4, 0.5) is 11.5 Å². The molecule has 2 rings (SSSR count). The third-order valence-electron chi connectivity index (χ3n) is 2.45. The first-order chi connectivity index (χ1) is 9.20. The highest BCUT2D eigenvalue weighted by molar-refractivity contribution is 5.93. The second-order valence-corrected chi connectivity index (χ2v) is 3.79. The van der Waals surface area contributed by atoms with E-state index in [0.29, 0.717) is 12.4 Å². The zero-order valence-corrected chi connectivity index (χ0v) is 10.5. The van der Waals surface area contributed by atoms with Crippen molar-refractivity contribution in [3.05, 3.63) is 48.2 Å². The van der Waals surface area contributed by atoms with Crippen molar-refractivity contribution >= 4 is 17.5 Å². The van der Waals surface area contributed by atoms with Gasteiger partial charge in [0.25, 0.3) is 0 Å². The summed E-state index contributed by atoms with van der Waals surface area (Å²) < 4.78 is 5.39. The van der Waals surface area contributed by atoms with Crippen molar-refractivity contribution in [2.75, 3.05) is 11.9 Å². The van der Waals surface area contributed by atoms with Crippen LogP contribution in [0.2, 0.25) is 0 Å². The lowest BCUT2D eigenvalue weighted by atomic mass is 10.2. The minimum absolute atomic E-state index is 0.129. The first-order valence-electron chi connectivity index (χ1n) is 5.89. The van der Waals surface area contributed by atoms with E-state index in [4.69, 9.17) is 9.84 Å². The van der Waals surface area contributed by atoms with Gasteiger partial charge in [-0.05, 0) is 31.2 Å². The van der Waals surface area contributed by atoms with Crippen LogP contribution >= 0.6 is 0 Å². The molecule has 0 fully saturated rings. The van der Waals surface area contributed by atoms with E-state index in [2.05, 4.69) is 10.3 Å². The van der Waals surface area contributed by atoms with E-state index < -0.39 is 5.97 Å². The van der Waals surface area contributed by atoms with Crippen molar-refractivity contribution in [1.82, 2.24) is 4.98 Å². The highest BCUT2D eigenvalue weighted by Crippen LogP contribution is 2.22. The Morgan fingerprint density at radius 3 is 2.95 bits per heavy atom. The molecule has 98 valence electrons. The zero-order chi connectivity index (χ0) is 13.7. The van der Waals surface area contributed by atoms with Crippen molar-refractivity contribution in [3.8, 4) is 5.75 Å². The predicted molar refractivity (Wildman–Crippen MR) is 72.1 cm³/mol. The van der Waals surface area contributed by atoms with Gasteiger partial charge in [0.1, 0.15) is 17.1 Å². The molecule has 0 bridgehead atoms. The van der Waals surface area contributed by atoms with Crippen LogP contribution in [0.5, 0.6) is 5.75 Å². The van der Waals surface area contributed by atoms with Crippen LogP contribution in [0.3, 0.4) is 0 Å². The first-order valence-corrected chi connectivity index (χ1v) is 5.89. The van der Waals surface area contributed by atoms with Gasteiger partial charge in [0.2, 0.25) is 0 Å². The van der Waals surface area contributed by atoms with E-state index in [-0.39, 0.29) is 5.56 Å². The summed E-state index contributed by atoms with van der Waals surface area (Å²) in [7, 11) is 0. The molecule has 0 saturated carbocycles. The lowest BCUT2D eigenvalue weighted by molar-refractivity contribution is 0.0697. The molecular formula is C14H14N2O3. The smallest absolute Gasteiger partial charge is 0.339 e. The third kappa shape index (κ3) is 3.22. The molecule has 1 aromatic heterocycles. The molecule has 2 aromatic rings. The minimum Gasteiger partial charge on any atom is -0.494 e. The summed E-state index contributed by atoms with van der Waals surface area (Å²) in [6.45, 7) is 2.48. The Morgan fingerprint density at radius 2 is 2.21 bits per heavy atom. The molecule has 0 unspecified atom stereocenters. The zero-order valence-electron chi connectivity index (χ0n) is 10.5. The molecule has 2 N–H and O–H groups in total. The van der Waals surface area contributed by atoms with Gasteiger partial charge in [0, 0.05) is 18.0 Å². The average molecular weight is 258 g/mol. The number of rotatable bonds is 5. The van der Waals surface area contributed by atoms with Crippen LogP contribution in [0.15, 0.2) is 42.6 Å². The van der Waals surface area contributed by atoms with Crippen molar-refractivity contribution in [3.63, 3.8) is 0 Å². The Morgan fingerprint density at radius 1 is 1.37 bits per heavy atom. The van der Waals surface area contributed by atoms with Gasteiger partial charge in [-0.1, -0.05) is 6.07 Å². The minimum atomic E-state index is -1.02. The van der Waals surface area contributed by atoms with Gasteiger partial charge in [-0.3, -0.25) is 0 Å². The quantitative estimate of drug-likeness (QED) is 0.862. The van der Waals surface area contributed by atoms with Gasteiger partial charge in [-0.2, -0.15) is 0 Å². The summed E-state index contributed by atoms with van der Waals surface area (Å²) in [6, 6.07) is 10.4. The number of aromatic nitrogens is 1. The summed E-state index contributed by atoms with van der Waals surface area (Å²) in [6.07, 6.45) is 1.54. The number of nitrogens with zero attached hydrogens (tertiary/aromatic N) is 1. The van der Waals surface area contributed by atoms with Gasteiger partial charge < -0.3 is 15.2 Å². The highest BCUT2D eigenvalue weighted by atomic mass is 16.5. The van der Waals surface area contributed by atoms with E-state index in [1.54, 1.807) is 18.3 Å². The van der Waals surface area contributed by atoms with Crippen LogP contribution in [-0.2, 0) is 0 Å². The van der Waals surface area contributed by atoms with Crippen LogP contribution in [-0.4, -0.2) is 22.7 Å². The molecule has 0 saturated heterocycles. The maximum atomic E-state index is 11.1. The van der Waals surface area contributed by atoms with Crippen molar-refractivity contribution in [2.24, 2.45) is 0 Å². The monoisotopic (exact) mass is 258 g/mol. The van der Waals surface area contributed by atoms with Crippen molar-refractivity contribution in [2.45, 2.75) is 6.92 Å². The maximum Gasteiger partial charge on any atom is 0.339 e. The molecule has 0 aliphatic rings. The SMILES string of the molecule is CCOc1cccc(Nc2ncccc2C(=O)O)c1. The van der Waals surface area contributed by atoms with Crippen LogP contribution in [0.25, 0.3) is 0 Å². The fourth-order valence-electron chi connectivity index (χ4n) is 1.64. The normalized spacial score (nSPS) is 9.95. The number of ether oxygens (including phenoxy) is 1. The largest absolute Gasteiger partial charge is 0.494 e. The summed E-state index contributed by atoms with van der Waals surface area (Å²) in [5, 5.41) is 12.1. The van der Waals surface area contributed by atoms with E-state index in [0.717, 1.165) is 11.4 Å². The van der Waals surface area contributed by atoms with Crippen LogP contribution in [0.1, 0.15) is 17.3 Å². The van der Waals surface area contributed by atoms with Gasteiger partial charge in [0.15, 0.2) is 0 Å². The number of hydrogen-bond donors (Lipinski definition) is 2. The van der Waals surface area contributed by atoms with E-state index in [1.807, 2.05) is 25.1 Å². The van der Waals surface area contributed by atoms with Gasteiger partial charge in [0.05, 0.1) is 6.61 Å². The van der Waals surface area contributed by atoms with Gasteiger partial charge in [-0.15, -0.1) is 0 Å². The lowest BCUT2D eigenvalue weighted by Crippen LogP contribution is -2.04. The van der Waals surface area contributed by atoms with E-state index in [9.17, 15) is 4.79 Å². The average Bonchev–Trinajstić information content (AvgIpc) is 2.40. The molecule has 19 heavy (non-hydrogen) atoms. The molecular weight excluding hydrogens is 244 g/mol. The highest BCUT2D eigenvalue weighted by Gasteiger charge is 2.10. The number of carbonyl (C=O) groups is 1. The summed E-state index contributed by atoms with van der Waals surface area (Å²) in [4.78, 5) is 15.1. The number of carboxylic acids is 1. The van der Waals surface area contributed by atoms with Gasteiger partial charge >= 0.3 is 5.97 Å². The second-order valence-electron chi connectivity index (χ2n) is 3.79. The Kier molecular flexibility index (Phi) is 3.97. The number of pyridine rings is 1. The molecule has 5 nitrogen and oxygen atoms in total. The molecule has 0 atom stereocenters. The molecule has 0 radical (unpaired) electrons. The molecule has 5 heteroatoms. The van der Waals surface area contributed by atoms with Crippen molar-refractivity contribution < 1.29 is 14.6 Å². The fraction of sp³-hybridized carbons (Fsp3) is 0.143. The summed E-state index contributed by atoms with van der Waals surface area (Å²) in [5.74, 6) is 0.0144. The topological polar surface area (TPSA) is 71.5 Å². The Bertz CT molecular complexity index is 584. The number of carboxylic acid groups (broad SMARTS) is 1. The van der Waals surface area contributed by atoms with E-state index >= 15 is 0 Å². The number of anilines is 2. The standard InChI is InChI=1S/C14H14N2O3/c1-2-19-11-6-3-5-10(9-11)16-13-12(14(17)18)7-4-8-15-13/h3-9H,2H2,1H3,(H,15,16)(H,17,18). The molecule has 0 amide bonds. The molecule has 1 heterocycles. The number of benzene rings is 1. The third-order valence-corrected chi connectivity index (χ3v) is 2.45. The van der Waals surface area contributed by atoms with Crippen molar-refractivity contribution in [1.29, 1.82) is 0 Å². The predicted octanol–water partition coefficient (Wildman–Crippen LogP) is 2.92. The maximum absolute atomic E-state index is 11.1. The van der Waals surface area contributed by atoms with E-state index in [1.165, 1.54) is 6.07 Å². The van der Waals surface area contributed by atoms with Crippen LogP contribution in [0, 0.1) is 0 Å². The number of nitrogens with one attached hydrogen (secondary N) is 1. The molecule has 0 spiro atoms. The number of hydrogen-bond acceptors (Lipinski definition) is 4. The second kappa shape index (κ2) is 5.86. The molecule has 1 aromatic carbocycles. The molecule has 0 aliphatic heterocycles. The molecule has 0 aliphatic carbocycles. The Labute approximate surface area is 110 Å². The Hall–Kier alpha value is -2.56. The summed E-state index contributed by atoms with van der Waals surface area (Å²) in [5.41, 5.74) is 0.858. The first kappa shape index (κ1) is 12.9. The fourth-order valence-corrected chi connectivity index (χ4v) is 1.64. The lowest BCUT2D eigenvalue weighted by Gasteiger charge is -2.09. The van der Waals surface area contributed by atoms with Gasteiger partial charge in [-0.25, -0.2) is 9.78 Å².